The summed E-state index contributed by atoms with van der Waals surface area (Å²) in [6, 6.07) is 2.46. The Bertz CT molecular complexity index is 705. The Balaban J connectivity index is 1.85. The van der Waals surface area contributed by atoms with Gasteiger partial charge in [-0.15, -0.1) is 0 Å². The number of H-pyrrole nitrogens is 1. The molecule has 0 spiro atoms. The molecular formula is C14H14FN3O3. The quantitative estimate of drug-likeness (QED) is 0.880. The van der Waals surface area contributed by atoms with Crippen LogP contribution in [0.25, 0.3) is 11.0 Å². The summed E-state index contributed by atoms with van der Waals surface area (Å²) in [6.45, 7) is 0.719. The summed E-state index contributed by atoms with van der Waals surface area (Å²) in [5.41, 5.74) is 1.11. The van der Waals surface area contributed by atoms with Crippen molar-refractivity contribution in [2.75, 3.05) is 13.1 Å². The van der Waals surface area contributed by atoms with E-state index in [1.807, 2.05) is 0 Å². The summed E-state index contributed by atoms with van der Waals surface area (Å²) in [6.07, 6.45) is 2.25. The lowest BCUT2D eigenvalue weighted by molar-refractivity contribution is -0.143. The van der Waals surface area contributed by atoms with Gasteiger partial charge in [-0.3, -0.25) is 9.59 Å². The largest absolute Gasteiger partial charge is 0.481 e. The van der Waals surface area contributed by atoms with Gasteiger partial charge in [0.15, 0.2) is 0 Å². The molecule has 0 aliphatic carbocycles. The molecule has 6 nitrogen and oxygen atoms in total. The molecule has 0 bridgehead atoms. The van der Waals surface area contributed by atoms with Gasteiger partial charge in [0.1, 0.15) is 11.3 Å². The number of hydrogen-bond acceptors (Lipinski definition) is 3. The van der Waals surface area contributed by atoms with Crippen LogP contribution in [-0.4, -0.2) is 44.9 Å². The Morgan fingerprint density at radius 3 is 2.71 bits per heavy atom. The fraction of sp³-hybridized carbons (Fsp3) is 0.357. The zero-order valence-electron chi connectivity index (χ0n) is 11.2. The number of halogens is 1. The summed E-state index contributed by atoms with van der Waals surface area (Å²) >= 11 is 0. The van der Waals surface area contributed by atoms with Crippen molar-refractivity contribution < 1.29 is 19.1 Å². The second-order valence-electron chi connectivity index (χ2n) is 5.16. The molecule has 2 heterocycles. The van der Waals surface area contributed by atoms with Gasteiger partial charge in [-0.1, -0.05) is 0 Å². The lowest BCUT2D eigenvalue weighted by Crippen LogP contribution is -2.40. The highest BCUT2D eigenvalue weighted by Crippen LogP contribution is 2.23. The molecule has 1 aromatic carbocycles. The maximum Gasteiger partial charge on any atom is 0.306 e. The number of carbonyl (C=O) groups excluding carboxylic acids is 1. The third kappa shape index (κ3) is 2.46. The van der Waals surface area contributed by atoms with Crippen molar-refractivity contribution in [2.45, 2.75) is 12.8 Å². The first-order valence-electron chi connectivity index (χ1n) is 6.71. The molecule has 0 unspecified atom stereocenters. The van der Waals surface area contributed by atoms with Gasteiger partial charge in [0, 0.05) is 13.1 Å². The van der Waals surface area contributed by atoms with Crippen LogP contribution >= 0.6 is 0 Å². The lowest BCUT2D eigenvalue weighted by Gasteiger charge is -2.30. The van der Waals surface area contributed by atoms with E-state index in [0.29, 0.717) is 37.0 Å². The van der Waals surface area contributed by atoms with Crippen LogP contribution in [0.3, 0.4) is 0 Å². The van der Waals surface area contributed by atoms with Crippen LogP contribution in [0.5, 0.6) is 0 Å². The minimum Gasteiger partial charge on any atom is -0.481 e. The fourth-order valence-corrected chi connectivity index (χ4v) is 2.68. The van der Waals surface area contributed by atoms with E-state index in [1.165, 1.54) is 18.5 Å². The molecule has 1 amide bonds. The van der Waals surface area contributed by atoms with Crippen molar-refractivity contribution in [3.05, 3.63) is 29.8 Å². The Labute approximate surface area is 119 Å². The molecule has 110 valence electrons. The summed E-state index contributed by atoms with van der Waals surface area (Å²) in [5, 5.41) is 8.96. The SMILES string of the molecule is O=C(O)C1CCN(C(=O)c2cc(F)cc3[nH]cnc23)CC1. The number of hydrogen-bond donors (Lipinski definition) is 2. The van der Waals surface area contributed by atoms with E-state index >= 15 is 0 Å². The van der Waals surface area contributed by atoms with Gasteiger partial charge in [0.2, 0.25) is 0 Å². The van der Waals surface area contributed by atoms with E-state index in [2.05, 4.69) is 9.97 Å². The number of carboxylic acid groups (broad SMARTS) is 1. The van der Waals surface area contributed by atoms with E-state index in [1.54, 1.807) is 4.90 Å². The number of benzene rings is 1. The van der Waals surface area contributed by atoms with Crippen LogP contribution in [0.4, 0.5) is 4.39 Å². The molecular weight excluding hydrogens is 277 g/mol. The predicted octanol–water partition coefficient (Wildman–Crippen LogP) is 1.64. The van der Waals surface area contributed by atoms with Gasteiger partial charge in [-0.2, -0.15) is 0 Å². The number of nitrogens with zero attached hydrogens (tertiary/aromatic N) is 2. The highest BCUT2D eigenvalue weighted by atomic mass is 19.1. The van der Waals surface area contributed by atoms with E-state index < -0.39 is 17.7 Å². The Kier molecular flexibility index (Phi) is 3.32. The molecule has 3 rings (SSSR count). The van der Waals surface area contributed by atoms with Gasteiger partial charge in [-0.25, -0.2) is 9.37 Å². The first-order chi connectivity index (χ1) is 10.1. The maximum absolute atomic E-state index is 13.6. The van der Waals surface area contributed by atoms with Crippen molar-refractivity contribution in [3.63, 3.8) is 0 Å². The number of aliphatic carboxylic acids is 1. The van der Waals surface area contributed by atoms with Crippen molar-refractivity contribution in [2.24, 2.45) is 5.92 Å². The van der Waals surface area contributed by atoms with Crippen molar-refractivity contribution in [3.8, 4) is 0 Å². The van der Waals surface area contributed by atoms with Crippen LogP contribution in [0.15, 0.2) is 18.5 Å². The number of piperidine rings is 1. The van der Waals surface area contributed by atoms with Gasteiger partial charge < -0.3 is 15.0 Å². The summed E-state index contributed by atoms with van der Waals surface area (Å²) < 4.78 is 13.6. The van der Waals surface area contributed by atoms with Gasteiger partial charge in [-0.05, 0) is 25.0 Å². The smallest absolute Gasteiger partial charge is 0.306 e. The van der Waals surface area contributed by atoms with E-state index in [4.69, 9.17) is 5.11 Å². The van der Waals surface area contributed by atoms with Crippen molar-refractivity contribution in [1.29, 1.82) is 0 Å². The van der Waals surface area contributed by atoms with Crippen molar-refractivity contribution in [1.82, 2.24) is 14.9 Å². The summed E-state index contributed by atoms with van der Waals surface area (Å²) in [7, 11) is 0. The summed E-state index contributed by atoms with van der Waals surface area (Å²) in [5.74, 6) is -2.06. The molecule has 1 saturated heterocycles. The highest BCUT2D eigenvalue weighted by Gasteiger charge is 2.28. The number of aromatic amines is 1. The molecule has 1 fully saturated rings. The lowest BCUT2D eigenvalue weighted by atomic mass is 9.96. The highest BCUT2D eigenvalue weighted by molar-refractivity contribution is 6.04. The van der Waals surface area contributed by atoms with E-state index in [0.717, 1.165) is 0 Å². The number of carboxylic acids is 1. The molecule has 1 aliphatic heterocycles. The standard InChI is InChI=1S/C14H14FN3O3/c15-9-5-10(12-11(6-9)16-7-17-12)13(19)18-3-1-8(2-4-18)14(20)21/h5-8H,1-4H2,(H,16,17)(H,20,21). The Hall–Kier alpha value is -2.44. The molecule has 1 aliphatic rings. The second kappa shape index (κ2) is 5.16. The predicted molar refractivity (Wildman–Crippen MR) is 72.3 cm³/mol. The molecule has 21 heavy (non-hydrogen) atoms. The second-order valence-corrected chi connectivity index (χ2v) is 5.16. The van der Waals surface area contributed by atoms with Crippen molar-refractivity contribution >= 4 is 22.9 Å². The number of fused-ring (bicyclic) bond motifs is 1. The maximum atomic E-state index is 13.6. The first-order valence-corrected chi connectivity index (χ1v) is 6.71. The first kappa shape index (κ1) is 13.5. The topological polar surface area (TPSA) is 86.3 Å². The number of rotatable bonds is 2. The van der Waals surface area contributed by atoms with Crippen LogP contribution < -0.4 is 0 Å². The zero-order chi connectivity index (χ0) is 15.0. The van der Waals surface area contributed by atoms with E-state index in [9.17, 15) is 14.0 Å². The number of likely N-dealkylation sites (tertiary alicyclic amines) is 1. The molecule has 2 N–H and O–H groups in total. The van der Waals surface area contributed by atoms with E-state index in [-0.39, 0.29) is 11.5 Å². The molecule has 2 aromatic rings. The molecule has 7 heteroatoms. The number of aromatic nitrogens is 2. The third-order valence-corrected chi connectivity index (χ3v) is 3.85. The molecule has 0 atom stereocenters. The van der Waals surface area contributed by atoms with Gasteiger partial charge in [0.05, 0.1) is 23.3 Å². The van der Waals surface area contributed by atoms with Crippen LogP contribution in [0.2, 0.25) is 0 Å². The van der Waals surface area contributed by atoms with Gasteiger partial charge >= 0.3 is 5.97 Å². The number of imidazole rings is 1. The average Bonchev–Trinajstić information content (AvgIpc) is 2.93. The number of nitrogens with one attached hydrogen (secondary N) is 1. The van der Waals surface area contributed by atoms with Crippen LogP contribution in [-0.2, 0) is 4.79 Å². The zero-order valence-corrected chi connectivity index (χ0v) is 11.2. The third-order valence-electron chi connectivity index (χ3n) is 3.85. The molecule has 1 aromatic heterocycles. The fourth-order valence-electron chi connectivity index (χ4n) is 2.68. The molecule has 0 saturated carbocycles. The average molecular weight is 291 g/mol. The van der Waals surface area contributed by atoms with Crippen LogP contribution in [0.1, 0.15) is 23.2 Å². The summed E-state index contributed by atoms with van der Waals surface area (Å²) in [4.78, 5) is 31.8. The Morgan fingerprint density at radius 1 is 1.33 bits per heavy atom. The molecule has 0 radical (unpaired) electrons. The number of amides is 1. The monoisotopic (exact) mass is 291 g/mol. The Morgan fingerprint density at radius 2 is 2.05 bits per heavy atom. The minimum atomic E-state index is -0.831. The van der Waals surface area contributed by atoms with Crippen LogP contribution in [0, 0.1) is 11.7 Å². The minimum absolute atomic E-state index is 0.208. The van der Waals surface area contributed by atoms with Gasteiger partial charge in [0.25, 0.3) is 5.91 Å². The normalized spacial score (nSPS) is 16.3. The number of carbonyl (C=O) groups is 2.